The zero-order chi connectivity index (χ0) is 18.5. The first-order chi connectivity index (χ1) is 12.6. The van der Waals surface area contributed by atoms with E-state index in [1.165, 1.54) is 0 Å². The summed E-state index contributed by atoms with van der Waals surface area (Å²) in [5, 5.41) is 3.05. The van der Waals surface area contributed by atoms with Gasteiger partial charge in [-0.25, -0.2) is 0 Å². The lowest BCUT2D eigenvalue weighted by molar-refractivity contribution is 0.0939. The maximum Gasteiger partial charge on any atom is 0.251 e. The Hall–Kier alpha value is -3.14. The lowest BCUT2D eigenvalue weighted by Crippen LogP contribution is -2.26. The van der Waals surface area contributed by atoms with Gasteiger partial charge in [0.1, 0.15) is 5.75 Å². The van der Waals surface area contributed by atoms with E-state index in [4.69, 9.17) is 4.74 Å². The number of carbonyl (C=O) groups is 1. The van der Waals surface area contributed by atoms with E-state index in [1.807, 2.05) is 68.4 Å². The number of pyridine rings is 1. The smallest absolute Gasteiger partial charge is 0.251 e. The molecule has 4 nitrogen and oxygen atoms in total. The van der Waals surface area contributed by atoms with E-state index in [1.54, 1.807) is 19.5 Å². The summed E-state index contributed by atoms with van der Waals surface area (Å²) in [7, 11) is 1.63. The van der Waals surface area contributed by atoms with Crippen LogP contribution in [-0.4, -0.2) is 18.0 Å². The monoisotopic (exact) mass is 346 g/mol. The molecule has 0 aliphatic heterocycles. The van der Waals surface area contributed by atoms with Crippen molar-refractivity contribution in [2.45, 2.75) is 19.9 Å². The van der Waals surface area contributed by atoms with Gasteiger partial charge in [-0.1, -0.05) is 18.2 Å². The summed E-state index contributed by atoms with van der Waals surface area (Å²) in [5.74, 6) is 0.686. The topological polar surface area (TPSA) is 51.2 Å². The standard InChI is InChI=1S/C22H22N2O2/c1-15-13-19(7-8-21(15)17-9-11-23-12-10-17)22(25)24-16(2)18-5-4-6-20(14-18)26-3/h4-14,16H,1-3H3,(H,24,25)/t16-/m0/s1. The first-order valence-corrected chi connectivity index (χ1v) is 8.54. The lowest BCUT2D eigenvalue weighted by atomic mass is 9.99. The highest BCUT2D eigenvalue weighted by molar-refractivity contribution is 5.95. The molecule has 132 valence electrons. The number of nitrogens with zero attached hydrogens (tertiary/aromatic N) is 1. The van der Waals surface area contributed by atoms with E-state index in [0.717, 1.165) is 28.0 Å². The van der Waals surface area contributed by atoms with Crippen molar-refractivity contribution >= 4 is 5.91 Å². The fourth-order valence-electron chi connectivity index (χ4n) is 2.93. The molecule has 0 saturated carbocycles. The Bertz CT molecular complexity index is 907. The van der Waals surface area contributed by atoms with Gasteiger partial charge in [0.2, 0.25) is 0 Å². The van der Waals surface area contributed by atoms with Crippen LogP contribution in [0.2, 0.25) is 0 Å². The normalized spacial score (nSPS) is 11.7. The number of amides is 1. The van der Waals surface area contributed by atoms with Crippen LogP contribution >= 0.6 is 0 Å². The summed E-state index contributed by atoms with van der Waals surface area (Å²) >= 11 is 0. The highest BCUT2D eigenvalue weighted by atomic mass is 16.5. The Labute approximate surface area is 153 Å². The molecule has 0 saturated heterocycles. The summed E-state index contributed by atoms with van der Waals surface area (Å²) in [6, 6.07) is 17.3. The quantitative estimate of drug-likeness (QED) is 0.737. The molecule has 3 rings (SSSR count). The molecule has 0 spiro atoms. The van der Waals surface area contributed by atoms with Crippen LogP contribution in [0.1, 0.15) is 34.5 Å². The number of aryl methyl sites for hydroxylation is 1. The van der Waals surface area contributed by atoms with Gasteiger partial charge in [-0.15, -0.1) is 0 Å². The largest absolute Gasteiger partial charge is 0.497 e. The van der Waals surface area contributed by atoms with Gasteiger partial charge in [-0.2, -0.15) is 0 Å². The lowest BCUT2D eigenvalue weighted by Gasteiger charge is -2.16. The highest BCUT2D eigenvalue weighted by Gasteiger charge is 2.13. The van der Waals surface area contributed by atoms with Gasteiger partial charge >= 0.3 is 0 Å². The van der Waals surface area contributed by atoms with Gasteiger partial charge < -0.3 is 10.1 Å². The predicted octanol–water partition coefficient (Wildman–Crippen LogP) is 4.56. The summed E-state index contributed by atoms with van der Waals surface area (Å²) in [6.45, 7) is 3.98. The molecule has 1 N–H and O–H groups in total. The molecule has 1 amide bonds. The van der Waals surface area contributed by atoms with Crippen LogP contribution in [0.25, 0.3) is 11.1 Å². The second-order valence-corrected chi connectivity index (χ2v) is 6.24. The number of carbonyl (C=O) groups excluding carboxylic acids is 1. The fraction of sp³-hybridized carbons (Fsp3) is 0.182. The Kier molecular flexibility index (Phi) is 5.32. The molecular formula is C22H22N2O2. The molecule has 0 unspecified atom stereocenters. The Morgan fingerprint density at radius 1 is 1.08 bits per heavy atom. The molecule has 0 aliphatic rings. The minimum absolute atomic E-state index is 0.0929. The van der Waals surface area contributed by atoms with Crippen molar-refractivity contribution in [3.05, 3.63) is 83.7 Å². The zero-order valence-electron chi connectivity index (χ0n) is 15.2. The highest BCUT2D eigenvalue weighted by Crippen LogP contribution is 2.24. The molecule has 3 aromatic rings. The molecule has 2 aromatic carbocycles. The SMILES string of the molecule is COc1cccc([C@H](C)NC(=O)c2ccc(-c3ccncc3)c(C)c2)c1. The van der Waals surface area contributed by atoms with Gasteiger partial charge in [0, 0.05) is 18.0 Å². The van der Waals surface area contributed by atoms with Crippen molar-refractivity contribution < 1.29 is 9.53 Å². The fourth-order valence-corrected chi connectivity index (χ4v) is 2.93. The van der Waals surface area contributed by atoms with E-state index < -0.39 is 0 Å². The first kappa shape index (κ1) is 17.7. The van der Waals surface area contributed by atoms with Gasteiger partial charge in [0.25, 0.3) is 5.91 Å². The number of methoxy groups -OCH3 is 1. The second kappa shape index (κ2) is 7.83. The Morgan fingerprint density at radius 3 is 2.54 bits per heavy atom. The van der Waals surface area contributed by atoms with Crippen molar-refractivity contribution in [3.8, 4) is 16.9 Å². The number of aromatic nitrogens is 1. The van der Waals surface area contributed by atoms with E-state index in [0.29, 0.717) is 5.56 Å². The summed E-state index contributed by atoms with van der Waals surface area (Å²) in [6.07, 6.45) is 3.54. The van der Waals surface area contributed by atoms with Crippen LogP contribution in [0.5, 0.6) is 5.75 Å². The average Bonchev–Trinajstić information content (AvgIpc) is 2.68. The van der Waals surface area contributed by atoms with Crippen LogP contribution in [-0.2, 0) is 0 Å². The van der Waals surface area contributed by atoms with Crippen LogP contribution in [0, 0.1) is 6.92 Å². The van der Waals surface area contributed by atoms with Gasteiger partial charge in [0.05, 0.1) is 13.2 Å². The van der Waals surface area contributed by atoms with Crippen LogP contribution in [0.15, 0.2) is 67.0 Å². The molecule has 0 aliphatic carbocycles. The second-order valence-electron chi connectivity index (χ2n) is 6.24. The number of hydrogen-bond acceptors (Lipinski definition) is 3. The number of hydrogen-bond donors (Lipinski definition) is 1. The third kappa shape index (κ3) is 3.91. The predicted molar refractivity (Wildman–Crippen MR) is 103 cm³/mol. The third-order valence-electron chi connectivity index (χ3n) is 4.42. The summed E-state index contributed by atoms with van der Waals surface area (Å²) in [4.78, 5) is 16.7. The Morgan fingerprint density at radius 2 is 1.85 bits per heavy atom. The molecular weight excluding hydrogens is 324 g/mol. The number of ether oxygens (including phenoxy) is 1. The van der Waals surface area contributed by atoms with E-state index in [-0.39, 0.29) is 11.9 Å². The van der Waals surface area contributed by atoms with Gasteiger partial charge in [-0.05, 0) is 72.5 Å². The number of rotatable bonds is 5. The zero-order valence-corrected chi connectivity index (χ0v) is 15.2. The summed E-state index contributed by atoms with van der Waals surface area (Å²) < 4.78 is 5.25. The van der Waals surface area contributed by atoms with Crippen molar-refractivity contribution in [2.75, 3.05) is 7.11 Å². The van der Waals surface area contributed by atoms with Crippen LogP contribution < -0.4 is 10.1 Å². The molecule has 0 radical (unpaired) electrons. The van der Waals surface area contributed by atoms with Crippen molar-refractivity contribution in [2.24, 2.45) is 0 Å². The van der Waals surface area contributed by atoms with E-state index >= 15 is 0 Å². The maximum absolute atomic E-state index is 12.6. The van der Waals surface area contributed by atoms with Crippen LogP contribution in [0.4, 0.5) is 0 Å². The minimum Gasteiger partial charge on any atom is -0.497 e. The molecule has 1 heterocycles. The first-order valence-electron chi connectivity index (χ1n) is 8.54. The molecule has 26 heavy (non-hydrogen) atoms. The molecule has 4 heteroatoms. The average molecular weight is 346 g/mol. The minimum atomic E-state index is -0.113. The van der Waals surface area contributed by atoms with Crippen molar-refractivity contribution in [1.29, 1.82) is 0 Å². The number of nitrogens with one attached hydrogen (secondary N) is 1. The van der Waals surface area contributed by atoms with Gasteiger partial charge in [0.15, 0.2) is 0 Å². The molecule has 1 aromatic heterocycles. The van der Waals surface area contributed by atoms with E-state index in [2.05, 4.69) is 10.3 Å². The van der Waals surface area contributed by atoms with Crippen molar-refractivity contribution in [3.63, 3.8) is 0 Å². The molecule has 0 bridgehead atoms. The molecule has 0 fully saturated rings. The van der Waals surface area contributed by atoms with Crippen molar-refractivity contribution in [1.82, 2.24) is 10.3 Å². The van der Waals surface area contributed by atoms with E-state index in [9.17, 15) is 4.79 Å². The van der Waals surface area contributed by atoms with Crippen LogP contribution in [0.3, 0.4) is 0 Å². The Balaban J connectivity index is 1.76. The summed E-state index contributed by atoms with van der Waals surface area (Å²) in [5.41, 5.74) is 4.90. The third-order valence-corrected chi connectivity index (χ3v) is 4.42. The molecule has 1 atom stereocenters. The maximum atomic E-state index is 12.6. The number of benzene rings is 2. The van der Waals surface area contributed by atoms with Gasteiger partial charge in [-0.3, -0.25) is 9.78 Å².